The SMILES string of the molecule is Fc1ccccc1/C=C\c1ccccc1Br. The molecule has 0 spiro atoms. The number of benzene rings is 2. The Morgan fingerprint density at radius 2 is 1.38 bits per heavy atom. The van der Waals surface area contributed by atoms with Crippen LogP contribution in [-0.2, 0) is 0 Å². The summed E-state index contributed by atoms with van der Waals surface area (Å²) in [6.07, 6.45) is 3.66. The Bertz CT molecular complexity index is 470. The van der Waals surface area contributed by atoms with Gasteiger partial charge in [-0.2, -0.15) is 0 Å². The van der Waals surface area contributed by atoms with Crippen LogP contribution in [0.15, 0.2) is 53.0 Å². The lowest BCUT2D eigenvalue weighted by Gasteiger charge is -1.98. The molecule has 0 atom stereocenters. The van der Waals surface area contributed by atoms with Crippen molar-refractivity contribution in [3.63, 3.8) is 0 Å². The molecule has 0 amide bonds. The highest BCUT2D eigenvalue weighted by molar-refractivity contribution is 9.10. The molecule has 16 heavy (non-hydrogen) atoms. The first-order chi connectivity index (χ1) is 7.77. The summed E-state index contributed by atoms with van der Waals surface area (Å²) in [5, 5.41) is 0. The van der Waals surface area contributed by atoms with Gasteiger partial charge < -0.3 is 0 Å². The van der Waals surface area contributed by atoms with E-state index >= 15 is 0 Å². The maximum atomic E-state index is 13.3. The predicted octanol–water partition coefficient (Wildman–Crippen LogP) is 4.76. The molecule has 2 aromatic carbocycles. The van der Waals surface area contributed by atoms with Gasteiger partial charge in [0, 0.05) is 10.0 Å². The van der Waals surface area contributed by atoms with Gasteiger partial charge >= 0.3 is 0 Å². The molecule has 0 heterocycles. The van der Waals surface area contributed by atoms with Crippen molar-refractivity contribution < 1.29 is 4.39 Å². The highest BCUT2D eigenvalue weighted by Gasteiger charge is 1.96. The van der Waals surface area contributed by atoms with E-state index in [1.54, 1.807) is 18.2 Å². The highest BCUT2D eigenvalue weighted by Crippen LogP contribution is 2.19. The Balaban J connectivity index is 2.29. The summed E-state index contributed by atoms with van der Waals surface area (Å²) >= 11 is 3.44. The molecule has 2 rings (SSSR count). The molecule has 0 radical (unpaired) electrons. The minimum absolute atomic E-state index is 0.203. The fourth-order valence-corrected chi connectivity index (χ4v) is 1.82. The van der Waals surface area contributed by atoms with Crippen LogP contribution in [0.4, 0.5) is 4.39 Å². The minimum atomic E-state index is -0.203. The van der Waals surface area contributed by atoms with Crippen LogP contribution in [0, 0.1) is 5.82 Å². The normalized spacial score (nSPS) is 10.9. The lowest BCUT2D eigenvalue weighted by molar-refractivity contribution is 0.625. The minimum Gasteiger partial charge on any atom is -0.206 e. The van der Waals surface area contributed by atoms with Gasteiger partial charge in [-0.25, -0.2) is 4.39 Å². The summed E-state index contributed by atoms with van der Waals surface area (Å²) in [6, 6.07) is 14.6. The Kier molecular flexibility index (Phi) is 3.52. The van der Waals surface area contributed by atoms with E-state index in [4.69, 9.17) is 0 Å². The molecule has 0 saturated carbocycles. The van der Waals surface area contributed by atoms with Crippen molar-refractivity contribution in [3.05, 3.63) is 69.9 Å². The molecule has 0 aromatic heterocycles. The first-order valence-electron chi connectivity index (χ1n) is 4.94. The lowest BCUT2D eigenvalue weighted by Crippen LogP contribution is -1.79. The first-order valence-corrected chi connectivity index (χ1v) is 5.74. The zero-order chi connectivity index (χ0) is 11.4. The summed E-state index contributed by atoms with van der Waals surface area (Å²) in [5.41, 5.74) is 1.63. The lowest BCUT2D eigenvalue weighted by atomic mass is 10.1. The van der Waals surface area contributed by atoms with Gasteiger partial charge in [0.15, 0.2) is 0 Å². The van der Waals surface area contributed by atoms with Crippen molar-refractivity contribution in [1.29, 1.82) is 0 Å². The summed E-state index contributed by atoms with van der Waals surface area (Å²) in [5.74, 6) is -0.203. The molecular formula is C14H10BrF. The van der Waals surface area contributed by atoms with Crippen molar-refractivity contribution in [2.75, 3.05) is 0 Å². The van der Waals surface area contributed by atoms with Crippen LogP contribution in [0.5, 0.6) is 0 Å². The van der Waals surface area contributed by atoms with Gasteiger partial charge in [0.1, 0.15) is 5.82 Å². The third kappa shape index (κ3) is 2.58. The van der Waals surface area contributed by atoms with E-state index in [2.05, 4.69) is 15.9 Å². The Labute approximate surface area is 103 Å². The maximum absolute atomic E-state index is 13.3. The molecule has 0 aliphatic rings. The molecule has 0 bridgehead atoms. The number of hydrogen-bond acceptors (Lipinski definition) is 0. The van der Waals surface area contributed by atoms with E-state index in [0.29, 0.717) is 5.56 Å². The van der Waals surface area contributed by atoms with Gasteiger partial charge in [0.25, 0.3) is 0 Å². The summed E-state index contributed by atoms with van der Waals surface area (Å²) in [7, 11) is 0. The van der Waals surface area contributed by atoms with Crippen LogP contribution in [0.3, 0.4) is 0 Å². The third-order valence-electron chi connectivity index (χ3n) is 2.25. The van der Waals surface area contributed by atoms with Crippen LogP contribution < -0.4 is 0 Å². The van der Waals surface area contributed by atoms with Gasteiger partial charge in [0.05, 0.1) is 0 Å². The first kappa shape index (κ1) is 11.1. The zero-order valence-electron chi connectivity index (χ0n) is 8.53. The summed E-state index contributed by atoms with van der Waals surface area (Å²) in [6.45, 7) is 0. The molecule has 0 nitrogen and oxygen atoms in total. The largest absolute Gasteiger partial charge is 0.206 e. The van der Waals surface area contributed by atoms with Gasteiger partial charge in [-0.1, -0.05) is 64.5 Å². The molecule has 2 heteroatoms. The Morgan fingerprint density at radius 3 is 2.06 bits per heavy atom. The van der Waals surface area contributed by atoms with Crippen molar-refractivity contribution >= 4 is 28.1 Å². The molecule has 0 aliphatic heterocycles. The second-order valence-corrected chi connectivity index (χ2v) is 4.23. The molecule has 0 aliphatic carbocycles. The van der Waals surface area contributed by atoms with Crippen LogP contribution in [0.1, 0.15) is 11.1 Å². The van der Waals surface area contributed by atoms with E-state index in [1.165, 1.54) is 6.07 Å². The van der Waals surface area contributed by atoms with E-state index in [-0.39, 0.29) is 5.82 Å². The monoisotopic (exact) mass is 276 g/mol. The average Bonchev–Trinajstić information content (AvgIpc) is 2.30. The smallest absolute Gasteiger partial charge is 0.130 e. The summed E-state index contributed by atoms with van der Waals surface area (Å²) in [4.78, 5) is 0. The molecule has 0 saturated heterocycles. The van der Waals surface area contributed by atoms with Crippen LogP contribution >= 0.6 is 15.9 Å². The topological polar surface area (TPSA) is 0 Å². The quantitative estimate of drug-likeness (QED) is 0.694. The standard InChI is InChI=1S/C14H10BrF/c15-13-7-3-1-5-11(13)9-10-12-6-2-4-8-14(12)16/h1-10H/b10-9-. The Hall–Kier alpha value is -1.41. The van der Waals surface area contributed by atoms with Crippen LogP contribution in [0.2, 0.25) is 0 Å². The van der Waals surface area contributed by atoms with Crippen molar-refractivity contribution in [2.45, 2.75) is 0 Å². The van der Waals surface area contributed by atoms with E-state index in [1.807, 2.05) is 36.4 Å². The second-order valence-electron chi connectivity index (χ2n) is 3.38. The maximum Gasteiger partial charge on any atom is 0.130 e. The second kappa shape index (κ2) is 5.08. The van der Waals surface area contributed by atoms with E-state index < -0.39 is 0 Å². The third-order valence-corrected chi connectivity index (χ3v) is 2.98. The molecular weight excluding hydrogens is 267 g/mol. The van der Waals surface area contributed by atoms with Crippen LogP contribution in [0.25, 0.3) is 12.2 Å². The molecule has 0 fully saturated rings. The number of hydrogen-bond donors (Lipinski definition) is 0. The van der Waals surface area contributed by atoms with Crippen LogP contribution in [-0.4, -0.2) is 0 Å². The Morgan fingerprint density at radius 1 is 0.812 bits per heavy atom. The highest BCUT2D eigenvalue weighted by atomic mass is 79.9. The van der Waals surface area contributed by atoms with Gasteiger partial charge in [-0.05, 0) is 17.7 Å². The van der Waals surface area contributed by atoms with E-state index in [9.17, 15) is 4.39 Å². The predicted molar refractivity (Wildman–Crippen MR) is 69.5 cm³/mol. The van der Waals surface area contributed by atoms with Crippen molar-refractivity contribution in [3.8, 4) is 0 Å². The number of halogens is 2. The number of rotatable bonds is 2. The fourth-order valence-electron chi connectivity index (χ4n) is 1.40. The zero-order valence-corrected chi connectivity index (χ0v) is 10.1. The van der Waals surface area contributed by atoms with E-state index in [0.717, 1.165) is 10.0 Å². The van der Waals surface area contributed by atoms with Crippen molar-refractivity contribution in [2.24, 2.45) is 0 Å². The average molecular weight is 277 g/mol. The molecule has 0 N–H and O–H groups in total. The fraction of sp³-hybridized carbons (Fsp3) is 0. The van der Waals surface area contributed by atoms with Gasteiger partial charge in [0.2, 0.25) is 0 Å². The van der Waals surface area contributed by atoms with Gasteiger partial charge in [-0.3, -0.25) is 0 Å². The van der Waals surface area contributed by atoms with Gasteiger partial charge in [-0.15, -0.1) is 0 Å². The summed E-state index contributed by atoms with van der Waals surface area (Å²) < 4.78 is 14.3. The molecule has 0 unspecified atom stereocenters. The molecule has 2 aromatic rings. The van der Waals surface area contributed by atoms with Crippen molar-refractivity contribution in [1.82, 2.24) is 0 Å². The molecule has 80 valence electrons.